The van der Waals surface area contributed by atoms with Gasteiger partial charge >= 0.3 is 0 Å². The Labute approximate surface area is 158 Å². The first-order chi connectivity index (χ1) is 13.2. The molecule has 0 aliphatic carbocycles. The van der Waals surface area contributed by atoms with Crippen LogP contribution in [0.5, 0.6) is 0 Å². The van der Waals surface area contributed by atoms with E-state index < -0.39 is 0 Å². The number of aromatic nitrogens is 4. The monoisotopic (exact) mass is 384 g/mol. The average molecular weight is 384 g/mol. The molecular formula is C17H16N6O3S. The molecule has 2 aliphatic rings. The van der Waals surface area contributed by atoms with Crippen molar-refractivity contribution in [1.29, 1.82) is 0 Å². The van der Waals surface area contributed by atoms with Crippen molar-refractivity contribution in [3.8, 4) is 0 Å². The molecule has 0 bridgehead atoms. The number of carbonyl (C=O) groups excluding carboxylic acids is 2. The Morgan fingerprint density at radius 3 is 2.41 bits per heavy atom. The lowest BCUT2D eigenvalue weighted by Gasteiger charge is -2.25. The fraction of sp³-hybridized carbons (Fsp3) is 0.353. The molecule has 10 heteroatoms. The minimum atomic E-state index is -0.282. The smallest absolute Gasteiger partial charge is 0.261 e. The van der Waals surface area contributed by atoms with Crippen molar-refractivity contribution in [3.05, 3.63) is 46.2 Å². The predicted octanol–water partition coefficient (Wildman–Crippen LogP) is 0.814. The van der Waals surface area contributed by atoms with E-state index in [1.54, 1.807) is 28.8 Å². The lowest BCUT2D eigenvalue weighted by Crippen LogP contribution is -2.36. The molecule has 2 aliphatic heterocycles. The fourth-order valence-corrected chi connectivity index (χ4v) is 4.18. The Balaban J connectivity index is 1.37. The van der Waals surface area contributed by atoms with E-state index in [2.05, 4.69) is 20.2 Å². The highest BCUT2D eigenvalue weighted by molar-refractivity contribution is 7.16. The number of fused-ring (bicyclic) bond motifs is 2. The van der Waals surface area contributed by atoms with E-state index in [0.717, 1.165) is 18.9 Å². The second kappa shape index (κ2) is 6.48. The summed E-state index contributed by atoms with van der Waals surface area (Å²) in [5, 5.41) is 13.6. The summed E-state index contributed by atoms with van der Waals surface area (Å²) >= 11 is 1.34. The zero-order valence-electron chi connectivity index (χ0n) is 14.4. The van der Waals surface area contributed by atoms with Gasteiger partial charge in [-0.1, -0.05) is 23.5 Å². The topological polar surface area (TPSA) is 92.9 Å². The number of carbonyl (C=O) groups is 2. The maximum absolute atomic E-state index is 12.5. The fourth-order valence-electron chi connectivity index (χ4n) is 3.34. The molecule has 2 aromatic heterocycles. The molecule has 1 fully saturated rings. The molecule has 9 nitrogen and oxygen atoms in total. The molecular weight excluding hydrogens is 368 g/mol. The molecule has 0 spiro atoms. The van der Waals surface area contributed by atoms with Crippen molar-refractivity contribution in [1.82, 2.24) is 29.6 Å². The summed E-state index contributed by atoms with van der Waals surface area (Å²) in [6, 6.07) is 6.87. The van der Waals surface area contributed by atoms with Gasteiger partial charge in [-0.05, 0) is 12.1 Å². The minimum absolute atomic E-state index is 0.136. The third-order valence-corrected chi connectivity index (χ3v) is 5.62. The molecule has 138 valence electrons. The number of imide groups is 1. The Morgan fingerprint density at radius 2 is 1.70 bits per heavy atom. The minimum Gasteiger partial charge on any atom is -0.379 e. The SMILES string of the molecule is O=C1c2ccccc2C(=O)N1Cc1nn2c(CN3CCOCC3)nnc2s1. The lowest BCUT2D eigenvalue weighted by atomic mass is 10.1. The van der Waals surface area contributed by atoms with Gasteiger partial charge in [0, 0.05) is 13.1 Å². The van der Waals surface area contributed by atoms with Gasteiger partial charge in [0.15, 0.2) is 5.82 Å². The number of nitrogens with zero attached hydrogens (tertiary/aromatic N) is 6. The highest BCUT2D eigenvalue weighted by atomic mass is 32.1. The first-order valence-corrected chi connectivity index (χ1v) is 9.47. The van der Waals surface area contributed by atoms with Crippen LogP contribution in [0.2, 0.25) is 0 Å². The number of rotatable bonds is 4. The number of amides is 2. The van der Waals surface area contributed by atoms with Crippen LogP contribution in [-0.2, 0) is 17.8 Å². The lowest BCUT2D eigenvalue weighted by molar-refractivity contribution is 0.0328. The van der Waals surface area contributed by atoms with Gasteiger partial charge in [-0.2, -0.15) is 9.61 Å². The van der Waals surface area contributed by atoms with Crippen LogP contribution in [0, 0.1) is 0 Å². The summed E-state index contributed by atoms with van der Waals surface area (Å²) in [5.74, 6) is 0.182. The Hall–Kier alpha value is -2.69. The van der Waals surface area contributed by atoms with Gasteiger partial charge in [-0.15, -0.1) is 10.2 Å². The summed E-state index contributed by atoms with van der Waals surface area (Å²) in [7, 11) is 0. The van der Waals surface area contributed by atoms with Crippen molar-refractivity contribution in [2.24, 2.45) is 0 Å². The van der Waals surface area contributed by atoms with Crippen LogP contribution < -0.4 is 0 Å². The summed E-state index contributed by atoms with van der Waals surface area (Å²) in [6.07, 6.45) is 0. The third kappa shape index (κ3) is 2.82. The summed E-state index contributed by atoms with van der Waals surface area (Å²) in [4.78, 5) is 29.2. The summed E-state index contributed by atoms with van der Waals surface area (Å²) in [5.41, 5.74) is 0.886. The molecule has 5 rings (SSSR count). The van der Waals surface area contributed by atoms with Crippen LogP contribution in [0.4, 0.5) is 0 Å². The molecule has 1 saturated heterocycles. The summed E-state index contributed by atoms with van der Waals surface area (Å²) < 4.78 is 7.07. The van der Waals surface area contributed by atoms with Gasteiger partial charge < -0.3 is 4.74 Å². The van der Waals surface area contributed by atoms with Gasteiger partial charge in [0.25, 0.3) is 11.8 Å². The van der Waals surface area contributed by atoms with E-state index in [1.165, 1.54) is 16.2 Å². The van der Waals surface area contributed by atoms with E-state index in [0.29, 0.717) is 40.9 Å². The Kier molecular flexibility index (Phi) is 3.96. The Bertz CT molecular complexity index is 1000. The standard InChI is InChI=1S/C17H16N6O3S/c24-15-11-3-1-2-4-12(11)16(25)22(15)10-14-20-23-13(18-19-17(23)27-14)9-21-5-7-26-8-6-21/h1-4H,5-10H2. The zero-order valence-corrected chi connectivity index (χ0v) is 15.2. The molecule has 0 unspecified atom stereocenters. The van der Waals surface area contributed by atoms with Gasteiger partial charge in [-0.25, -0.2) is 0 Å². The van der Waals surface area contributed by atoms with E-state index in [-0.39, 0.29) is 18.4 Å². The Morgan fingerprint density at radius 1 is 1.00 bits per heavy atom. The van der Waals surface area contributed by atoms with E-state index in [4.69, 9.17) is 4.74 Å². The first kappa shape index (κ1) is 16.5. The largest absolute Gasteiger partial charge is 0.379 e. The predicted molar refractivity (Wildman–Crippen MR) is 95.4 cm³/mol. The number of benzene rings is 1. The second-order valence-electron chi connectivity index (χ2n) is 6.44. The normalized spacial score (nSPS) is 17.9. The van der Waals surface area contributed by atoms with Gasteiger partial charge in [0.2, 0.25) is 4.96 Å². The number of morpholine rings is 1. The molecule has 27 heavy (non-hydrogen) atoms. The number of hydrogen-bond acceptors (Lipinski definition) is 8. The van der Waals surface area contributed by atoms with Crippen LogP contribution in [0.3, 0.4) is 0 Å². The van der Waals surface area contributed by atoms with Crippen molar-refractivity contribution < 1.29 is 14.3 Å². The van der Waals surface area contributed by atoms with E-state index in [1.807, 2.05) is 0 Å². The van der Waals surface area contributed by atoms with Gasteiger partial charge in [0.05, 0.1) is 37.4 Å². The van der Waals surface area contributed by atoms with Crippen LogP contribution in [-0.4, -0.2) is 67.7 Å². The van der Waals surface area contributed by atoms with Crippen LogP contribution in [0.15, 0.2) is 24.3 Å². The molecule has 0 N–H and O–H groups in total. The van der Waals surface area contributed by atoms with Gasteiger partial charge in [-0.3, -0.25) is 19.4 Å². The maximum atomic E-state index is 12.5. The van der Waals surface area contributed by atoms with Crippen LogP contribution >= 0.6 is 11.3 Å². The van der Waals surface area contributed by atoms with E-state index >= 15 is 0 Å². The second-order valence-corrected chi connectivity index (χ2v) is 7.48. The number of hydrogen-bond donors (Lipinski definition) is 0. The maximum Gasteiger partial charge on any atom is 0.261 e. The van der Waals surface area contributed by atoms with Crippen molar-refractivity contribution in [2.45, 2.75) is 13.1 Å². The van der Waals surface area contributed by atoms with E-state index in [9.17, 15) is 9.59 Å². The third-order valence-electron chi connectivity index (χ3n) is 4.74. The molecule has 0 atom stereocenters. The molecule has 0 radical (unpaired) electrons. The van der Waals surface area contributed by atoms with Crippen molar-refractivity contribution in [3.63, 3.8) is 0 Å². The highest BCUT2D eigenvalue weighted by Gasteiger charge is 2.35. The molecule has 0 saturated carbocycles. The van der Waals surface area contributed by atoms with Crippen molar-refractivity contribution >= 4 is 28.1 Å². The number of ether oxygens (including phenoxy) is 1. The quantitative estimate of drug-likeness (QED) is 0.615. The molecule has 3 aromatic rings. The molecule has 2 amide bonds. The molecule has 4 heterocycles. The first-order valence-electron chi connectivity index (χ1n) is 8.66. The average Bonchev–Trinajstić information content (AvgIpc) is 3.33. The zero-order chi connectivity index (χ0) is 18.4. The summed E-state index contributed by atoms with van der Waals surface area (Å²) in [6.45, 7) is 3.90. The molecule has 1 aromatic carbocycles. The van der Waals surface area contributed by atoms with Crippen LogP contribution in [0.25, 0.3) is 4.96 Å². The van der Waals surface area contributed by atoms with Crippen molar-refractivity contribution in [2.75, 3.05) is 26.3 Å². The van der Waals surface area contributed by atoms with Gasteiger partial charge in [0.1, 0.15) is 5.01 Å². The van der Waals surface area contributed by atoms with Crippen LogP contribution in [0.1, 0.15) is 31.5 Å². The highest BCUT2D eigenvalue weighted by Crippen LogP contribution is 2.25.